The predicted molar refractivity (Wildman–Crippen MR) is 67.1 cm³/mol. The molecule has 102 valence electrons. The molecule has 0 bridgehead atoms. The van der Waals surface area contributed by atoms with Crippen LogP contribution in [0.2, 0.25) is 0 Å². The lowest BCUT2D eigenvalue weighted by Gasteiger charge is -2.13. The van der Waals surface area contributed by atoms with Crippen molar-refractivity contribution in [2.24, 2.45) is 0 Å². The van der Waals surface area contributed by atoms with Gasteiger partial charge in [0.15, 0.2) is 0 Å². The lowest BCUT2D eigenvalue weighted by atomic mass is 10.1. The molecular formula is C14H9F3N2O. The number of nitrogens with two attached hydrogens (primary N) is 1. The van der Waals surface area contributed by atoms with Crippen LogP contribution in [0.15, 0.2) is 42.5 Å². The number of anilines is 1. The zero-order valence-electron chi connectivity index (χ0n) is 10.1. The van der Waals surface area contributed by atoms with E-state index in [1.807, 2.05) is 6.07 Å². The number of nitriles is 1. The van der Waals surface area contributed by atoms with Crippen molar-refractivity contribution in [3.8, 4) is 17.6 Å². The molecular weight excluding hydrogens is 269 g/mol. The summed E-state index contributed by atoms with van der Waals surface area (Å²) in [6, 6.07) is 11.4. The van der Waals surface area contributed by atoms with Gasteiger partial charge in [0.2, 0.25) is 0 Å². The van der Waals surface area contributed by atoms with Crippen molar-refractivity contribution >= 4 is 5.69 Å². The number of benzene rings is 2. The number of halogens is 3. The van der Waals surface area contributed by atoms with Crippen LogP contribution in [0.1, 0.15) is 11.1 Å². The second kappa shape index (κ2) is 5.13. The maximum atomic E-state index is 12.7. The number of hydrogen-bond acceptors (Lipinski definition) is 3. The first kappa shape index (κ1) is 13.7. The number of ether oxygens (including phenoxy) is 1. The van der Waals surface area contributed by atoms with E-state index in [0.717, 1.165) is 12.1 Å². The molecule has 0 heterocycles. The monoisotopic (exact) mass is 278 g/mol. The van der Waals surface area contributed by atoms with Crippen LogP contribution in [-0.4, -0.2) is 0 Å². The van der Waals surface area contributed by atoms with Crippen molar-refractivity contribution in [3.63, 3.8) is 0 Å². The third-order valence-electron chi connectivity index (χ3n) is 2.57. The van der Waals surface area contributed by atoms with Crippen LogP contribution in [0.4, 0.5) is 18.9 Å². The van der Waals surface area contributed by atoms with E-state index in [-0.39, 0.29) is 22.7 Å². The van der Waals surface area contributed by atoms with Crippen LogP contribution in [-0.2, 0) is 6.18 Å². The van der Waals surface area contributed by atoms with Crippen molar-refractivity contribution < 1.29 is 17.9 Å². The van der Waals surface area contributed by atoms with Crippen LogP contribution in [0.5, 0.6) is 11.5 Å². The van der Waals surface area contributed by atoms with E-state index in [9.17, 15) is 13.2 Å². The maximum absolute atomic E-state index is 12.7. The summed E-state index contributed by atoms with van der Waals surface area (Å²) in [5.41, 5.74) is 4.19. The first-order chi connectivity index (χ1) is 9.41. The molecule has 2 aromatic carbocycles. The molecule has 0 unspecified atom stereocenters. The van der Waals surface area contributed by atoms with Gasteiger partial charge in [0.1, 0.15) is 17.6 Å². The number of nitrogens with zero attached hydrogens (tertiary/aromatic N) is 1. The molecule has 0 aliphatic carbocycles. The Hall–Kier alpha value is -2.68. The predicted octanol–water partition coefficient (Wildman–Crippen LogP) is 3.95. The van der Waals surface area contributed by atoms with Gasteiger partial charge in [0.25, 0.3) is 0 Å². The van der Waals surface area contributed by atoms with Gasteiger partial charge >= 0.3 is 6.18 Å². The minimum atomic E-state index is -4.56. The highest BCUT2D eigenvalue weighted by Gasteiger charge is 2.33. The Morgan fingerprint density at radius 3 is 2.45 bits per heavy atom. The fourth-order valence-corrected chi connectivity index (χ4v) is 1.62. The summed E-state index contributed by atoms with van der Waals surface area (Å²) in [6.45, 7) is 0. The molecule has 0 amide bonds. The Balaban J connectivity index is 2.38. The fourth-order valence-electron chi connectivity index (χ4n) is 1.62. The summed E-state index contributed by atoms with van der Waals surface area (Å²) in [5, 5.41) is 8.89. The van der Waals surface area contributed by atoms with Gasteiger partial charge in [-0.05, 0) is 30.3 Å². The quantitative estimate of drug-likeness (QED) is 0.846. The van der Waals surface area contributed by atoms with Gasteiger partial charge in [-0.25, -0.2) is 0 Å². The number of hydrogen-bond donors (Lipinski definition) is 1. The van der Waals surface area contributed by atoms with Gasteiger partial charge < -0.3 is 10.5 Å². The zero-order valence-corrected chi connectivity index (χ0v) is 10.1. The third-order valence-corrected chi connectivity index (χ3v) is 2.57. The molecule has 0 fully saturated rings. The van der Waals surface area contributed by atoms with Crippen molar-refractivity contribution in [1.29, 1.82) is 5.26 Å². The summed E-state index contributed by atoms with van der Waals surface area (Å²) in [5.74, 6) is 0.155. The molecule has 0 saturated heterocycles. The molecule has 2 rings (SSSR count). The third kappa shape index (κ3) is 2.83. The van der Waals surface area contributed by atoms with Crippen molar-refractivity contribution in [3.05, 3.63) is 53.6 Å². The molecule has 6 heteroatoms. The molecule has 0 aliphatic rings. The summed E-state index contributed by atoms with van der Waals surface area (Å²) in [4.78, 5) is 0. The Kier molecular flexibility index (Phi) is 3.53. The van der Waals surface area contributed by atoms with Crippen LogP contribution in [0, 0.1) is 11.3 Å². The molecule has 2 aromatic rings. The Labute approximate surface area is 113 Å². The van der Waals surface area contributed by atoms with E-state index in [4.69, 9.17) is 15.7 Å². The highest BCUT2D eigenvalue weighted by atomic mass is 19.4. The van der Waals surface area contributed by atoms with Crippen LogP contribution >= 0.6 is 0 Å². The van der Waals surface area contributed by atoms with Crippen molar-refractivity contribution in [1.82, 2.24) is 0 Å². The average molecular weight is 278 g/mol. The van der Waals surface area contributed by atoms with E-state index in [1.54, 1.807) is 12.1 Å². The fraction of sp³-hybridized carbons (Fsp3) is 0.0714. The van der Waals surface area contributed by atoms with Crippen molar-refractivity contribution in [2.75, 3.05) is 5.73 Å². The Morgan fingerprint density at radius 2 is 1.80 bits per heavy atom. The first-order valence-electron chi connectivity index (χ1n) is 5.55. The molecule has 0 spiro atoms. The second-order valence-corrected chi connectivity index (χ2v) is 3.96. The Bertz CT molecular complexity index is 675. The SMILES string of the molecule is N#Cc1ccccc1Oc1ccc(N)c(C(F)(F)F)c1. The molecule has 0 saturated carbocycles. The van der Waals surface area contributed by atoms with Gasteiger partial charge in [-0.15, -0.1) is 0 Å². The average Bonchev–Trinajstić information content (AvgIpc) is 2.40. The molecule has 20 heavy (non-hydrogen) atoms. The lowest BCUT2D eigenvalue weighted by molar-refractivity contribution is -0.137. The summed E-state index contributed by atoms with van der Waals surface area (Å²) in [7, 11) is 0. The number of alkyl halides is 3. The maximum Gasteiger partial charge on any atom is 0.418 e. The smallest absolute Gasteiger partial charge is 0.418 e. The summed E-state index contributed by atoms with van der Waals surface area (Å²) < 4.78 is 43.5. The van der Waals surface area contributed by atoms with E-state index < -0.39 is 11.7 Å². The van der Waals surface area contributed by atoms with Crippen LogP contribution < -0.4 is 10.5 Å². The normalized spacial score (nSPS) is 10.9. The lowest BCUT2D eigenvalue weighted by Crippen LogP contribution is -2.08. The minimum absolute atomic E-state index is 0.0331. The Morgan fingerprint density at radius 1 is 1.10 bits per heavy atom. The molecule has 0 aliphatic heterocycles. The van der Waals surface area contributed by atoms with E-state index in [1.165, 1.54) is 18.2 Å². The molecule has 0 radical (unpaired) electrons. The van der Waals surface area contributed by atoms with Gasteiger partial charge in [-0.3, -0.25) is 0 Å². The second-order valence-electron chi connectivity index (χ2n) is 3.96. The van der Waals surface area contributed by atoms with E-state index >= 15 is 0 Å². The number of nitrogen functional groups attached to an aromatic ring is 1. The summed E-state index contributed by atoms with van der Waals surface area (Å²) in [6.07, 6.45) is -4.56. The minimum Gasteiger partial charge on any atom is -0.456 e. The summed E-state index contributed by atoms with van der Waals surface area (Å²) >= 11 is 0. The van der Waals surface area contributed by atoms with Crippen LogP contribution in [0.25, 0.3) is 0 Å². The molecule has 0 atom stereocenters. The first-order valence-corrected chi connectivity index (χ1v) is 5.55. The van der Waals surface area contributed by atoms with Crippen molar-refractivity contribution in [2.45, 2.75) is 6.18 Å². The van der Waals surface area contributed by atoms with E-state index in [0.29, 0.717) is 0 Å². The topological polar surface area (TPSA) is 59.0 Å². The number of para-hydroxylation sites is 1. The van der Waals surface area contributed by atoms with Gasteiger partial charge in [0, 0.05) is 5.69 Å². The largest absolute Gasteiger partial charge is 0.456 e. The zero-order chi connectivity index (χ0) is 14.8. The molecule has 3 nitrogen and oxygen atoms in total. The van der Waals surface area contributed by atoms with E-state index in [2.05, 4.69) is 0 Å². The highest BCUT2D eigenvalue weighted by molar-refractivity contribution is 5.53. The van der Waals surface area contributed by atoms with Gasteiger partial charge in [-0.2, -0.15) is 18.4 Å². The van der Waals surface area contributed by atoms with Gasteiger partial charge in [0.05, 0.1) is 11.1 Å². The number of rotatable bonds is 2. The highest BCUT2D eigenvalue weighted by Crippen LogP contribution is 2.37. The standard InChI is InChI=1S/C14H9F3N2O/c15-14(16,17)11-7-10(5-6-12(11)19)20-13-4-2-1-3-9(13)8-18/h1-7H,19H2. The molecule has 0 aromatic heterocycles. The molecule has 2 N–H and O–H groups in total. The van der Waals surface area contributed by atoms with Gasteiger partial charge in [-0.1, -0.05) is 12.1 Å². The van der Waals surface area contributed by atoms with Crippen LogP contribution in [0.3, 0.4) is 0 Å².